The van der Waals surface area contributed by atoms with Crippen molar-refractivity contribution in [1.29, 1.82) is 0 Å². The highest BCUT2D eigenvalue weighted by Crippen LogP contribution is 2.24. The molecule has 1 atom stereocenters. The molecule has 0 spiro atoms. The molecule has 19 heavy (non-hydrogen) atoms. The van der Waals surface area contributed by atoms with Crippen molar-refractivity contribution < 1.29 is 0 Å². The Morgan fingerprint density at radius 1 is 1.05 bits per heavy atom. The first kappa shape index (κ1) is 18.2. The summed E-state index contributed by atoms with van der Waals surface area (Å²) < 4.78 is 0. The van der Waals surface area contributed by atoms with Crippen molar-refractivity contribution in [2.45, 2.75) is 67.2 Å². The van der Waals surface area contributed by atoms with Gasteiger partial charge in [-0.15, -0.1) is 0 Å². The Balaban J connectivity index is 4.64. The van der Waals surface area contributed by atoms with Crippen LogP contribution in [0.5, 0.6) is 0 Å². The molecule has 0 aliphatic carbocycles. The summed E-state index contributed by atoms with van der Waals surface area (Å²) in [5.74, 6) is 2.10. The van der Waals surface area contributed by atoms with E-state index >= 15 is 0 Å². The smallest absolute Gasteiger partial charge is 0.0260 e. The standard InChI is InChI=1S/C19H34/c1-8-10-18(13-15(3)4)11-12-19(16(5)6)14-17(7)9-2/h8,10,14-17H,1,9,11-13H2,2-7H3. The predicted octanol–water partition coefficient (Wildman–Crippen LogP) is 6.55. The van der Waals surface area contributed by atoms with E-state index in [1.807, 2.05) is 6.08 Å². The minimum Gasteiger partial charge on any atom is -0.0991 e. The van der Waals surface area contributed by atoms with E-state index in [2.05, 4.69) is 60.3 Å². The second kappa shape index (κ2) is 10.1. The Morgan fingerprint density at radius 2 is 1.68 bits per heavy atom. The summed E-state index contributed by atoms with van der Waals surface area (Å²) in [6, 6.07) is 0. The highest BCUT2D eigenvalue weighted by molar-refractivity contribution is 5.15. The van der Waals surface area contributed by atoms with Crippen molar-refractivity contribution in [2.75, 3.05) is 0 Å². The van der Waals surface area contributed by atoms with Gasteiger partial charge in [0.25, 0.3) is 0 Å². The Labute approximate surface area is 121 Å². The highest BCUT2D eigenvalue weighted by Gasteiger charge is 2.08. The zero-order valence-corrected chi connectivity index (χ0v) is 14.0. The van der Waals surface area contributed by atoms with E-state index in [0.29, 0.717) is 11.8 Å². The zero-order valence-electron chi connectivity index (χ0n) is 14.0. The van der Waals surface area contributed by atoms with Gasteiger partial charge in [-0.3, -0.25) is 0 Å². The van der Waals surface area contributed by atoms with Crippen LogP contribution in [0.1, 0.15) is 67.2 Å². The summed E-state index contributed by atoms with van der Waals surface area (Å²) in [6.45, 7) is 17.6. The number of hydrogen-bond acceptors (Lipinski definition) is 0. The van der Waals surface area contributed by atoms with Gasteiger partial charge in [-0.2, -0.15) is 0 Å². The molecule has 0 amide bonds. The van der Waals surface area contributed by atoms with Gasteiger partial charge in [0.15, 0.2) is 0 Å². The predicted molar refractivity (Wildman–Crippen MR) is 89.3 cm³/mol. The first-order chi connectivity index (χ1) is 8.90. The molecule has 0 bridgehead atoms. The number of allylic oxidation sites excluding steroid dienone is 5. The van der Waals surface area contributed by atoms with Gasteiger partial charge < -0.3 is 0 Å². The lowest BCUT2D eigenvalue weighted by Gasteiger charge is -2.16. The third-order valence-corrected chi connectivity index (χ3v) is 3.64. The van der Waals surface area contributed by atoms with Crippen LogP contribution in [0, 0.1) is 17.8 Å². The molecule has 0 aliphatic heterocycles. The maximum atomic E-state index is 3.84. The maximum Gasteiger partial charge on any atom is -0.0260 e. The molecule has 0 heteroatoms. The molecule has 0 saturated heterocycles. The van der Waals surface area contributed by atoms with Crippen molar-refractivity contribution in [3.05, 3.63) is 36.0 Å². The lowest BCUT2D eigenvalue weighted by Crippen LogP contribution is -2.00. The van der Waals surface area contributed by atoms with Crippen LogP contribution < -0.4 is 0 Å². The van der Waals surface area contributed by atoms with E-state index in [1.165, 1.54) is 25.7 Å². The second-order valence-corrected chi connectivity index (χ2v) is 6.44. The topological polar surface area (TPSA) is 0 Å². The molecule has 0 fully saturated rings. The van der Waals surface area contributed by atoms with Gasteiger partial charge >= 0.3 is 0 Å². The molecule has 0 saturated carbocycles. The van der Waals surface area contributed by atoms with E-state index in [0.717, 1.165) is 5.92 Å². The van der Waals surface area contributed by atoms with Crippen molar-refractivity contribution in [3.63, 3.8) is 0 Å². The molecule has 0 aromatic rings. The van der Waals surface area contributed by atoms with Crippen molar-refractivity contribution in [2.24, 2.45) is 17.8 Å². The van der Waals surface area contributed by atoms with E-state index in [-0.39, 0.29) is 0 Å². The van der Waals surface area contributed by atoms with Crippen LogP contribution in [0.25, 0.3) is 0 Å². The molecular weight excluding hydrogens is 228 g/mol. The highest BCUT2D eigenvalue weighted by atomic mass is 14.1. The van der Waals surface area contributed by atoms with Crippen LogP contribution in [0.3, 0.4) is 0 Å². The number of rotatable bonds is 9. The Kier molecular flexibility index (Phi) is 9.65. The van der Waals surface area contributed by atoms with Crippen LogP contribution in [0.4, 0.5) is 0 Å². The molecule has 1 unspecified atom stereocenters. The Morgan fingerprint density at radius 3 is 2.11 bits per heavy atom. The fraction of sp³-hybridized carbons (Fsp3) is 0.684. The van der Waals surface area contributed by atoms with E-state index in [1.54, 1.807) is 11.1 Å². The third-order valence-electron chi connectivity index (χ3n) is 3.64. The largest absolute Gasteiger partial charge is 0.0991 e. The number of hydrogen-bond donors (Lipinski definition) is 0. The van der Waals surface area contributed by atoms with Crippen molar-refractivity contribution >= 4 is 0 Å². The molecule has 0 aromatic heterocycles. The summed E-state index contributed by atoms with van der Waals surface area (Å²) in [6.07, 6.45) is 11.5. The summed E-state index contributed by atoms with van der Waals surface area (Å²) in [5, 5.41) is 0. The summed E-state index contributed by atoms with van der Waals surface area (Å²) in [7, 11) is 0. The first-order valence-electron chi connectivity index (χ1n) is 7.91. The fourth-order valence-corrected chi connectivity index (χ4v) is 2.30. The van der Waals surface area contributed by atoms with Crippen molar-refractivity contribution in [3.8, 4) is 0 Å². The Hall–Kier alpha value is -0.780. The minimum atomic E-state index is 0.665. The van der Waals surface area contributed by atoms with E-state index < -0.39 is 0 Å². The van der Waals surface area contributed by atoms with Crippen LogP contribution in [0.2, 0.25) is 0 Å². The lowest BCUT2D eigenvalue weighted by atomic mass is 9.90. The summed E-state index contributed by atoms with van der Waals surface area (Å²) in [5.41, 5.74) is 3.16. The van der Waals surface area contributed by atoms with Gasteiger partial charge in [0, 0.05) is 0 Å². The lowest BCUT2D eigenvalue weighted by molar-refractivity contribution is 0.607. The third kappa shape index (κ3) is 8.86. The van der Waals surface area contributed by atoms with Gasteiger partial charge in [-0.05, 0) is 37.0 Å². The maximum absolute atomic E-state index is 3.84. The first-order valence-corrected chi connectivity index (χ1v) is 7.91. The molecular formula is C19H34. The average molecular weight is 262 g/mol. The van der Waals surface area contributed by atoms with E-state index in [4.69, 9.17) is 0 Å². The van der Waals surface area contributed by atoms with Gasteiger partial charge in [-0.25, -0.2) is 0 Å². The second-order valence-electron chi connectivity index (χ2n) is 6.44. The van der Waals surface area contributed by atoms with Crippen LogP contribution in [0.15, 0.2) is 36.0 Å². The van der Waals surface area contributed by atoms with Crippen LogP contribution in [-0.4, -0.2) is 0 Å². The van der Waals surface area contributed by atoms with Gasteiger partial charge in [0.2, 0.25) is 0 Å². The van der Waals surface area contributed by atoms with Crippen LogP contribution >= 0.6 is 0 Å². The fourth-order valence-electron chi connectivity index (χ4n) is 2.30. The molecule has 110 valence electrons. The molecule has 0 radical (unpaired) electrons. The summed E-state index contributed by atoms with van der Waals surface area (Å²) >= 11 is 0. The van der Waals surface area contributed by atoms with Gasteiger partial charge in [0.05, 0.1) is 0 Å². The normalized spacial score (nSPS) is 15.2. The van der Waals surface area contributed by atoms with E-state index in [9.17, 15) is 0 Å². The monoisotopic (exact) mass is 262 g/mol. The molecule has 0 aliphatic rings. The van der Waals surface area contributed by atoms with Gasteiger partial charge in [0.1, 0.15) is 0 Å². The quantitative estimate of drug-likeness (QED) is 0.326. The van der Waals surface area contributed by atoms with Crippen molar-refractivity contribution in [1.82, 2.24) is 0 Å². The van der Waals surface area contributed by atoms with Gasteiger partial charge in [-0.1, -0.05) is 83.9 Å². The molecule has 0 N–H and O–H groups in total. The minimum absolute atomic E-state index is 0.665. The SMILES string of the molecule is C=CC=C(CCC(=CC(C)CC)C(C)C)CC(C)C. The zero-order chi connectivity index (χ0) is 14.8. The Bertz CT molecular complexity index is 302. The molecule has 0 rings (SSSR count). The molecule has 0 heterocycles. The molecule has 0 aromatic carbocycles. The summed E-state index contributed by atoms with van der Waals surface area (Å²) in [4.78, 5) is 0. The average Bonchev–Trinajstić information content (AvgIpc) is 2.32. The molecule has 0 nitrogen and oxygen atoms in total. The van der Waals surface area contributed by atoms with Crippen LogP contribution in [-0.2, 0) is 0 Å².